The largest absolute Gasteiger partial charge is 0.481 e. The van der Waals surface area contributed by atoms with E-state index in [0.29, 0.717) is 32.5 Å². The average molecular weight is 272 g/mol. The van der Waals surface area contributed by atoms with E-state index in [4.69, 9.17) is 5.11 Å². The van der Waals surface area contributed by atoms with Crippen molar-refractivity contribution in [3.05, 3.63) is 0 Å². The number of aliphatic hydroxyl groups excluding tert-OH is 1. The van der Waals surface area contributed by atoms with Crippen LogP contribution in [0, 0.1) is 5.92 Å². The van der Waals surface area contributed by atoms with Crippen LogP contribution in [0.25, 0.3) is 0 Å². The number of carbonyl (C=O) groups is 2. The van der Waals surface area contributed by atoms with Gasteiger partial charge in [0.25, 0.3) is 0 Å². The maximum absolute atomic E-state index is 11.8. The Hall–Kier alpha value is -1.14. The monoisotopic (exact) mass is 272 g/mol. The number of carbonyl (C=O) groups excluding carboxylic acids is 1. The van der Waals surface area contributed by atoms with Crippen molar-refractivity contribution in [1.82, 2.24) is 10.2 Å². The summed E-state index contributed by atoms with van der Waals surface area (Å²) in [6.07, 6.45) is 2.29. The van der Waals surface area contributed by atoms with Gasteiger partial charge < -0.3 is 20.4 Å². The number of hydrogen-bond acceptors (Lipinski definition) is 4. The van der Waals surface area contributed by atoms with E-state index in [9.17, 15) is 14.7 Å². The average Bonchev–Trinajstić information content (AvgIpc) is 2.39. The molecule has 0 aromatic rings. The lowest BCUT2D eigenvalue weighted by atomic mass is 9.97. The van der Waals surface area contributed by atoms with E-state index in [1.54, 1.807) is 4.90 Å². The number of nitrogens with zero attached hydrogens (tertiary/aromatic N) is 1. The summed E-state index contributed by atoms with van der Waals surface area (Å²) in [6, 6.07) is 0. The molecule has 6 nitrogen and oxygen atoms in total. The van der Waals surface area contributed by atoms with Crippen molar-refractivity contribution in [2.75, 3.05) is 26.2 Å². The fraction of sp³-hybridized carbons (Fsp3) is 0.846. The molecule has 1 aliphatic heterocycles. The highest BCUT2D eigenvalue weighted by atomic mass is 16.4. The number of carboxylic acid groups (broad SMARTS) is 1. The lowest BCUT2D eigenvalue weighted by Gasteiger charge is -2.30. The van der Waals surface area contributed by atoms with Crippen molar-refractivity contribution in [3.8, 4) is 0 Å². The summed E-state index contributed by atoms with van der Waals surface area (Å²) in [6.45, 7) is 3.65. The fourth-order valence-corrected chi connectivity index (χ4v) is 2.27. The Labute approximate surface area is 113 Å². The number of likely N-dealkylation sites (tertiary alicyclic amines) is 1. The second-order valence-corrected chi connectivity index (χ2v) is 5.07. The molecule has 1 unspecified atom stereocenters. The van der Waals surface area contributed by atoms with E-state index >= 15 is 0 Å². The molecule has 0 bridgehead atoms. The van der Waals surface area contributed by atoms with E-state index < -0.39 is 12.1 Å². The van der Waals surface area contributed by atoms with Crippen molar-refractivity contribution in [2.24, 2.45) is 5.92 Å². The molecule has 1 rings (SSSR count). The van der Waals surface area contributed by atoms with Gasteiger partial charge in [-0.15, -0.1) is 0 Å². The molecule has 0 saturated carbocycles. The number of carboxylic acids is 1. The van der Waals surface area contributed by atoms with Crippen LogP contribution in [0.1, 0.15) is 32.6 Å². The lowest BCUT2D eigenvalue weighted by molar-refractivity contribution is -0.145. The van der Waals surface area contributed by atoms with Crippen LogP contribution >= 0.6 is 0 Å². The van der Waals surface area contributed by atoms with Gasteiger partial charge in [-0.3, -0.25) is 9.59 Å². The number of amides is 1. The topological polar surface area (TPSA) is 89.9 Å². The molecule has 1 atom stereocenters. The number of hydrogen-bond donors (Lipinski definition) is 3. The standard InChI is InChI=1S/C13H24N2O4/c1-2-3-11(16)8-14-9-12(17)15-6-4-10(5-7-15)13(18)19/h10-11,14,16H,2-9H2,1H3,(H,18,19). The van der Waals surface area contributed by atoms with Crippen molar-refractivity contribution >= 4 is 11.9 Å². The summed E-state index contributed by atoms with van der Waals surface area (Å²) < 4.78 is 0. The second-order valence-electron chi connectivity index (χ2n) is 5.07. The molecule has 3 N–H and O–H groups in total. The van der Waals surface area contributed by atoms with Crippen LogP contribution < -0.4 is 5.32 Å². The predicted octanol–water partition coefficient (Wildman–Crippen LogP) is 0.0602. The van der Waals surface area contributed by atoms with Gasteiger partial charge >= 0.3 is 5.97 Å². The maximum atomic E-state index is 11.8. The molecule has 1 saturated heterocycles. The van der Waals surface area contributed by atoms with Crippen LogP contribution in [-0.4, -0.2) is 59.3 Å². The molecule has 1 heterocycles. The summed E-state index contributed by atoms with van der Waals surface area (Å²) in [5, 5.41) is 21.3. The van der Waals surface area contributed by atoms with Gasteiger partial charge in [0.1, 0.15) is 0 Å². The molecule has 0 aliphatic carbocycles. The second kappa shape index (κ2) is 8.12. The first-order chi connectivity index (χ1) is 9.04. The van der Waals surface area contributed by atoms with Gasteiger partial charge in [0.15, 0.2) is 0 Å². The van der Waals surface area contributed by atoms with Crippen LogP contribution in [-0.2, 0) is 9.59 Å². The molecule has 1 amide bonds. The summed E-state index contributed by atoms with van der Waals surface area (Å²) in [4.78, 5) is 24.3. The highest BCUT2D eigenvalue weighted by Gasteiger charge is 2.26. The van der Waals surface area contributed by atoms with E-state index in [0.717, 1.165) is 12.8 Å². The summed E-state index contributed by atoms with van der Waals surface area (Å²) in [7, 11) is 0. The smallest absolute Gasteiger partial charge is 0.306 e. The Balaban J connectivity index is 2.19. The molecule has 19 heavy (non-hydrogen) atoms. The molecule has 1 fully saturated rings. The highest BCUT2D eigenvalue weighted by molar-refractivity contribution is 5.78. The van der Waals surface area contributed by atoms with Gasteiger partial charge in [-0.05, 0) is 19.3 Å². The van der Waals surface area contributed by atoms with Gasteiger partial charge in [-0.1, -0.05) is 13.3 Å². The molecular weight excluding hydrogens is 248 g/mol. The SMILES string of the molecule is CCCC(O)CNCC(=O)N1CCC(C(=O)O)CC1. The van der Waals surface area contributed by atoms with Gasteiger partial charge in [0.05, 0.1) is 18.6 Å². The molecule has 6 heteroatoms. The number of rotatable bonds is 7. The van der Waals surface area contributed by atoms with Gasteiger partial charge in [-0.2, -0.15) is 0 Å². The van der Waals surface area contributed by atoms with E-state index in [-0.39, 0.29) is 18.4 Å². The minimum atomic E-state index is -0.770. The van der Waals surface area contributed by atoms with Crippen LogP contribution in [0.15, 0.2) is 0 Å². The van der Waals surface area contributed by atoms with E-state index in [1.165, 1.54) is 0 Å². The molecule has 0 aromatic heterocycles. The maximum Gasteiger partial charge on any atom is 0.306 e. The Morgan fingerprint density at radius 2 is 2.00 bits per heavy atom. The van der Waals surface area contributed by atoms with Gasteiger partial charge in [0, 0.05) is 19.6 Å². The third-order valence-electron chi connectivity index (χ3n) is 3.47. The number of piperidine rings is 1. The number of nitrogens with one attached hydrogen (secondary N) is 1. The normalized spacial score (nSPS) is 18.3. The van der Waals surface area contributed by atoms with E-state index in [2.05, 4.69) is 5.32 Å². The molecule has 0 aromatic carbocycles. The number of aliphatic carboxylic acids is 1. The Morgan fingerprint density at radius 3 is 2.53 bits per heavy atom. The zero-order chi connectivity index (χ0) is 14.3. The third kappa shape index (κ3) is 5.57. The zero-order valence-electron chi connectivity index (χ0n) is 11.5. The summed E-state index contributed by atoms with van der Waals surface area (Å²) in [5.41, 5.74) is 0. The van der Waals surface area contributed by atoms with Crippen molar-refractivity contribution in [2.45, 2.75) is 38.7 Å². The van der Waals surface area contributed by atoms with Gasteiger partial charge in [0.2, 0.25) is 5.91 Å². The molecule has 0 radical (unpaired) electrons. The lowest BCUT2D eigenvalue weighted by Crippen LogP contribution is -2.45. The Bertz CT molecular complexity index is 301. The molecular formula is C13H24N2O4. The van der Waals surface area contributed by atoms with Crippen molar-refractivity contribution in [3.63, 3.8) is 0 Å². The minimum Gasteiger partial charge on any atom is -0.481 e. The Kier molecular flexibility index (Phi) is 6.80. The van der Waals surface area contributed by atoms with Crippen molar-refractivity contribution in [1.29, 1.82) is 0 Å². The van der Waals surface area contributed by atoms with Crippen LogP contribution in [0.5, 0.6) is 0 Å². The van der Waals surface area contributed by atoms with Crippen LogP contribution in [0.2, 0.25) is 0 Å². The fourth-order valence-electron chi connectivity index (χ4n) is 2.27. The Morgan fingerprint density at radius 1 is 1.37 bits per heavy atom. The quantitative estimate of drug-likeness (QED) is 0.610. The minimum absolute atomic E-state index is 0.0208. The van der Waals surface area contributed by atoms with Crippen molar-refractivity contribution < 1.29 is 19.8 Å². The van der Waals surface area contributed by atoms with Gasteiger partial charge in [-0.25, -0.2) is 0 Å². The summed E-state index contributed by atoms with van der Waals surface area (Å²) >= 11 is 0. The molecule has 1 aliphatic rings. The zero-order valence-corrected chi connectivity index (χ0v) is 11.5. The summed E-state index contributed by atoms with van der Waals surface area (Å²) in [5.74, 6) is -1.11. The third-order valence-corrected chi connectivity index (χ3v) is 3.47. The predicted molar refractivity (Wildman–Crippen MR) is 70.7 cm³/mol. The van der Waals surface area contributed by atoms with Crippen LogP contribution in [0.3, 0.4) is 0 Å². The first-order valence-electron chi connectivity index (χ1n) is 6.94. The molecule has 0 spiro atoms. The number of aliphatic hydroxyl groups is 1. The van der Waals surface area contributed by atoms with E-state index in [1.807, 2.05) is 6.92 Å². The first kappa shape index (κ1) is 15.9. The van der Waals surface area contributed by atoms with Crippen LogP contribution in [0.4, 0.5) is 0 Å². The highest BCUT2D eigenvalue weighted by Crippen LogP contribution is 2.17. The first-order valence-corrected chi connectivity index (χ1v) is 6.94. The molecule has 110 valence electrons.